The number of hydrogen-bond donors (Lipinski definition) is 1. The summed E-state index contributed by atoms with van der Waals surface area (Å²) in [5.74, 6) is -0.396. The quantitative estimate of drug-likeness (QED) is 0.544. The lowest BCUT2D eigenvalue weighted by molar-refractivity contribution is -0.130. The van der Waals surface area contributed by atoms with Crippen LogP contribution >= 0.6 is 0 Å². The number of sulfonamides is 1. The summed E-state index contributed by atoms with van der Waals surface area (Å²) < 4.78 is 31.9. The van der Waals surface area contributed by atoms with Gasteiger partial charge in [0.25, 0.3) is 0 Å². The van der Waals surface area contributed by atoms with Gasteiger partial charge in [-0.2, -0.15) is 0 Å². The molecule has 0 radical (unpaired) electrons. The van der Waals surface area contributed by atoms with Crippen LogP contribution in [0.2, 0.25) is 0 Å². The van der Waals surface area contributed by atoms with Gasteiger partial charge in [0.1, 0.15) is 0 Å². The van der Waals surface area contributed by atoms with Crippen molar-refractivity contribution in [1.82, 2.24) is 19.5 Å². The van der Waals surface area contributed by atoms with Gasteiger partial charge in [-0.25, -0.2) is 17.9 Å². The summed E-state index contributed by atoms with van der Waals surface area (Å²) in [4.78, 5) is 31.1. The Labute approximate surface area is 194 Å². The Morgan fingerprint density at radius 3 is 2.27 bits per heavy atom. The van der Waals surface area contributed by atoms with Gasteiger partial charge in [-0.15, -0.1) is 0 Å². The lowest BCUT2D eigenvalue weighted by Gasteiger charge is -2.34. The molecule has 0 saturated carbocycles. The number of nitrogens with zero attached hydrogens (tertiary/aromatic N) is 3. The number of pyridine rings is 1. The van der Waals surface area contributed by atoms with E-state index in [1.54, 1.807) is 19.1 Å². The number of esters is 1. The molecule has 9 nitrogen and oxygen atoms in total. The number of rotatable bonds is 9. The van der Waals surface area contributed by atoms with Crippen molar-refractivity contribution >= 4 is 21.9 Å². The molecule has 10 heteroatoms. The predicted molar refractivity (Wildman–Crippen MR) is 124 cm³/mol. The maximum atomic E-state index is 12.4. The Kier molecular flexibility index (Phi) is 8.54. The van der Waals surface area contributed by atoms with Crippen molar-refractivity contribution in [2.45, 2.75) is 26.4 Å². The average Bonchev–Trinajstić information content (AvgIpc) is 2.82. The standard InChI is InChI=1S/C23H30N4O5S/c1-18(28)27-12-10-26(11-13-27)17-20-5-3-19(4-6-20)9-14-33(30,31)25-16-22-8-7-21(15-24-22)23(29)32-2/h3-8,15,25H,9-14,16-17H2,1-2H3. The van der Waals surface area contributed by atoms with Gasteiger partial charge in [-0.1, -0.05) is 24.3 Å². The number of nitrogens with one attached hydrogen (secondary N) is 1. The Balaban J connectivity index is 1.43. The minimum absolute atomic E-state index is 0.0282. The molecule has 1 saturated heterocycles. The van der Waals surface area contributed by atoms with Crippen molar-refractivity contribution in [3.63, 3.8) is 0 Å². The summed E-state index contributed by atoms with van der Waals surface area (Å²) in [7, 11) is -2.19. The Hall–Kier alpha value is -2.82. The Morgan fingerprint density at radius 2 is 1.70 bits per heavy atom. The minimum Gasteiger partial charge on any atom is -0.465 e. The van der Waals surface area contributed by atoms with E-state index in [9.17, 15) is 18.0 Å². The van der Waals surface area contributed by atoms with Gasteiger partial charge in [-0.3, -0.25) is 14.7 Å². The first-order valence-corrected chi connectivity index (χ1v) is 12.5. The topological polar surface area (TPSA) is 109 Å². The summed E-state index contributed by atoms with van der Waals surface area (Å²) in [5, 5.41) is 0. The largest absolute Gasteiger partial charge is 0.465 e. The van der Waals surface area contributed by atoms with Crippen LogP contribution in [0.1, 0.15) is 34.1 Å². The van der Waals surface area contributed by atoms with Crippen molar-refractivity contribution in [2.24, 2.45) is 0 Å². The molecule has 2 aromatic rings. The molecular weight excluding hydrogens is 444 g/mol. The maximum Gasteiger partial charge on any atom is 0.339 e. The highest BCUT2D eigenvalue weighted by Crippen LogP contribution is 2.11. The number of aromatic nitrogens is 1. The number of amides is 1. The number of carbonyl (C=O) groups is 2. The molecule has 33 heavy (non-hydrogen) atoms. The molecule has 1 N–H and O–H groups in total. The third-order valence-electron chi connectivity index (χ3n) is 5.63. The van der Waals surface area contributed by atoms with Crippen LogP contribution < -0.4 is 4.72 Å². The van der Waals surface area contributed by atoms with Crippen LogP contribution in [0.25, 0.3) is 0 Å². The van der Waals surface area contributed by atoms with E-state index in [0.29, 0.717) is 17.7 Å². The number of hydrogen-bond acceptors (Lipinski definition) is 7. The van der Waals surface area contributed by atoms with Gasteiger partial charge in [-0.05, 0) is 29.7 Å². The molecule has 0 unspecified atom stereocenters. The first kappa shape index (κ1) is 24.8. The number of piperazine rings is 1. The van der Waals surface area contributed by atoms with Crippen molar-refractivity contribution in [1.29, 1.82) is 0 Å². The SMILES string of the molecule is COC(=O)c1ccc(CNS(=O)(=O)CCc2ccc(CN3CCN(C(C)=O)CC3)cc2)nc1. The molecule has 178 valence electrons. The van der Waals surface area contributed by atoms with Crippen LogP contribution in [0.3, 0.4) is 0 Å². The van der Waals surface area contributed by atoms with E-state index in [0.717, 1.165) is 43.9 Å². The van der Waals surface area contributed by atoms with Gasteiger partial charge in [0.05, 0.1) is 30.7 Å². The van der Waals surface area contributed by atoms with E-state index >= 15 is 0 Å². The van der Waals surface area contributed by atoms with Crippen molar-refractivity contribution in [3.8, 4) is 0 Å². The molecule has 0 spiro atoms. The van der Waals surface area contributed by atoms with Crippen molar-refractivity contribution < 1.29 is 22.7 Å². The van der Waals surface area contributed by atoms with Gasteiger partial charge in [0, 0.05) is 45.8 Å². The highest BCUT2D eigenvalue weighted by atomic mass is 32.2. The number of ether oxygens (including phenoxy) is 1. The third kappa shape index (κ3) is 7.62. The highest BCUT2D eigenvalue weighted by Gasteiger charge is 2.18. The van der Waals surface area contributed by atoms with Gasteiger partial charge >= 0.3 is 5.97 Å². The molecule has 1 amide bonds. The number of aryl methyl sites for hydroxylation is 1. The molecule has 1 aromatic carbocycles. The van der Waals surface area contributed by atoms with E-state index in [-0.39, 0.29) is 18.2 Å². The molecule has 1 aromatic heterocycles. The number of benzene rings is 1. The molecule has 1 aliphatic rings. The minimum atomic E-state index is -3.48. The van der Waals surface area contributed by atoms with E-state index in [1.807, 2.05) is 29.2 Å². The zero-order valence-electron chi connectivity index (χ0n) is 19.0. The maximum absolute atomic E-state index is 12.4. The third-order valence-corrected chi connectivity index (χ3v) is 6.95. The van der Waals surface area contributed by atoms with Crippen LogP contribution in [0, 0.1) is 0 Å². The first-order chi connectivity index (χ1) is 15.8. The van der Waals surface area contributed by atoms with Crippen LogP contribution in [0.4, 0.5) is 0 Å². The summed E-state index contributed by atoms with van der Waals surface area (Å²) in [6.45, 7) is 5.68. The van der Waals surface area contributed by atoms with Gasteiger partial charge in [0.2, 0.25) is 15.9 Å². The molecule has 0 bridgehead atoms. The highest BCUT2D eigenvalue weighted by molar-refractivity contribution is 7.89. The van der Waals surface area contributed by atoms with Crippen LogP contribution in [-0.2, 0) is 39.1 Å². The molecular formula is C23H30N4O5S. The number of methoxy groups -OCH3 is 1. The fourth-order valence-electron chi connectivity index (χ4n) is 3.57. The second-order valence-electron chi connectivity index (χ2n) is 8.02. The van der Waals surface area contributed by atoms with Crippen LogP contribution in [-0.4, -0.2) is 74.1 Å². The monoisotopic (exact) mass is 474 g/mol. The van der Waals surface area contributed by atoms with Crippen LogP contribution in [0.5, 0.6) is 0 Å². The van der Waals surface area contributed by atoms with E-state index in [1.165, 1.54) is 13.3 Å². The Morgan fingerprint density at radius 1 is 1.03 bits per heavy atom. The smallest absolute Gasteiger partial charge is 0.339 e. The summed E-state index contributed by atoms with van der Waals surface area (Å²) >= 11 is 0. The second-order valence-corrected chi connectivity index (χ2v) is 9.94. The van der Waals surface area contributed by atoms with Crippen LogP contribution in [0.15, 0.2) is 42.6 Å². The van der Waals surface area contributed by atoms with Crippen molar-refractivity contribution in [2.75, 3.05) is 39.0 Å². The second kappa shape index (κ2) is 11.4. The molecule has 2 heterocycles. The lowest BCUT2D eigenvalue weighted by Crippen LogP contribution is -2.47. The van der Waals surface area contributed by atoms with E-state index < -0.39 is 16.0 Å². The van der Waals surface area contributed by atoms with E-state index in [4.69, 9.17) is 0 Å². The molecule has 0 atom stereocenters. The fourth-order valence-corrected chi connectivity index (χ4v) is 4.58. The van der Waals surface area contributed by atoms with Crippen molar-refractivity contribution in [3.05, 3.63) is 65.0 Å². The predicted octanol–water partition coefficient (Wildman–Crippen LogP) is 1.19. The molecule has 1 aliphatic heterocycles. The summed E-state index contributed by atoms with van der Waals surface area (Å²) in [6.07, 6.45) is 1.77. The summed E-state index contributed by atoms with van der Waals surface area (Å²) in [5.41, 5.74) is 2.94. The first-order valence-electron chi connectivity index (χ1n) is 10.8. The fraction of sp³-hybridized carbons (Fsp3) is 0.435. The molecule has 0 aliphatic carbocycles. The zero-order chi connectivity index (χ0) is 23.8. The van der Waals surface area contributed by atoms with E-state index in [2.05, 4.69) is 19.3 Å². The van der Waals surface area contributed by atoms with Gasteiger partial charge in [0.15, 0.2) is 0 Å². The zero-order valence-corrected chi connectivity index (χ0v) is 19.8. The molecule has 3 rings (SSSR count). The average molecular weight is 475 g/mol. The lowest BCUT2D eigenvalue weighted by atomic mass is 10.1. The Bertz CT molecular complexity index is 1050. The number of carbonyl (C=O) groups excluding carboxylic acids is 2. The molecule has 1 fully saturated rings. The summed E-state index contributed by atoms with van der Waals surface area (Å²) in [6, 6.07) is 11.1. The normalized spacial score (nSPS) is 14.8. The van der Waals surface area contributed by atoms with Gasteiger partial charge < -0.3 is 9.64 Å².